The molecule has 0 bridgehead atoms. The van der Waals surface area contributed by atoms with E-state index in [9.17, 15) is 9.59 Å². The van der Waals surface area contributed by atoms with Gasteiger partial charge in [-0.3, -0.25) is 9.59 Å². The average molecular weight is 392 g/mol. The smallest absolute Gasteiger partial charge is 0.259 e. The molecule has 1 aromatic heterocycles. The van der Waals surface area contributed by atoms with Crippen LogP contribution < -0.4 is 10.1 Å². The molecular weight excluding hydrogens is 368 g/mol. The summed E-state index contributed by atoms with van der Waals surface area (Å²) in [7, 11) is 3.35. The fourth-order valence-corrected chi connectivity index (χ4v) is 2.78. The van der Waals surface area contributed by atoms with E-state index in [4.69, 9.17) is 4.74 Å². The number of nitrogens with one attached hydrogen (secondary N) is 1. The number of nitrogens with zero attached hydrogens (tertiary/aromatic N) is 3. The summed E-state index contributed by atoms with van der Waals surface area (Å²) in [5.41, 5.74) is 3.92. The molecule has 0 spiro atoms. The highest BCUT2D eigenvalue weighted by atomic mass is 16.5. The van der Waals surface area contributed by atoms with Crippen LogP contribution in [0.4, 0.5) is 5.69 Å². The molecule has 0 saturated carbocycles. The zero-order valence-corrected chi connectivity index (χ0v) is 17.0. The molecule has 7 nitrogen and oxygen atoms in total. The van der Waals surface area contributed by atoms with E-state index < -0.39 is 0 Å². The van der Waals surface area contributed by atoms with Gasteiger partial charge in [0, 0.05) is 19.8 Å². The second-order valence-electron chi connectivity index (χ2n) is 6.90. The number of hydrogen-bond donors (Lipinski definition) is 1. The van der Waals surface area contributed by atoms with Gasteiger partial charge in [0.15, 0.2) is 6.61 Å². The highest BCUT2D eigenvalue weighted by Crippen LogP contribution is 2.20. The summed E-state index contributed by atoms with van der Waals surface area (Å²) in [6, 6.07) is 14.8. The van der Waals surface area contributed by atoms with Gasteiger partial charge in [-0.1, -0.05) is 18.2 Å². The normalized spacial score (nSPS) is 10.5. The molecule has 1 N–H and O–H groups in total. The maximum Gasteiger partial charge on any atom is 0.259 e. The third-order valence-corrected chi connectivity index (χ3v) is 4.57. The Balaban J connectivity index is 1.68. The van der Waals surface area contributed by atoms with Gasteiger partial charge in [0.05, 0.1) is 23.1 Å². The number of amides is 2. The molecule has 0 fully saturated rings. The summed E-state index contributed by atoms with van der Waals surface area (Å²) >= 11 is 0. The Morgan fingerprint density at radius 3 is 2.41 bits per heavy atom. The molecule has 3 aromatic rings. The maximum atomic E-state index is 12.7. The molecule has 29 heavy (non-hydrogen) atoms. The minimum Gasteiger partial charge on any atom is -0.484 e. The second kappa shape index (κ2) is 8.60. The lowest BCUT2D eigenvalue weighted by atomic mass is 10.2. The van der Waals surface area contributed by atoms with E-state index >= 15 is 0 Å². The molecular formula is C22H24N4O3. The monoisotopic (exact) mass is 392 g/mol. The van der Waals surface area contributed by atoms with Gasteiger partial charge in [0.1, 0.15) is 5.75 Å². The number of para-hydroxylation sites is 1. The van der Waals surface area contributed by atoms with Crippen LogP contribution in [0.15, 0.2) is 54.7 Å². The number of aryl methyl sites for hydroxylation is 1. The van der Waals surface area contributed by atoms with Gasteiger partial charge in [0.25, 0.3) is 11.8 Å². The zero-order chi connectivity index (χ0) is 21.0. The van der Waals surface area contributed by atoms with Crippen LogP contribution in [0.2, 0.25) is 0 Å². The van der Waals surface area contributed by atoms with Crippen LogP contribution in [0.1, 0.15) is 21.6 Å². The minimum absolute atomic E-state index is 0.0318. The Hall–Kier alpha value is -3.61. The predicted octanol–water partition coefficient (Wildman–Crippen LogP) is 3.21. The number of hydrogen-bond acceptors (Lipinski definition) is 4. The number of anilines is 1. The molecule has 1 heterocycles. The van der Waals surface area contributed by atoms with Crippen LogP contribution in [-0.2, 0) is 4.79 Å². The number of benzene rings is 2. The van der Waals surface area contributed by atoms with E-state index in [2.05, 4.69) is 10.4 Å². The molecule has 3 rings (SSSR count). The Kier molecular flexibility index (Phi) is 5.97. The van der Waals surface area contributed by atoms with Crippen molar-refractivity contribution in [3.63, 3.8) is 0 Å². The zero-order valence-electron chi connectivity index (χ0n) is 17.0. The van der Waals surface area contributed by atoms with Gasteiger partial charge in [-0.2, -0.15) is 5.10 Å². The Morgan fingerprint density at radius 2 is 1.76 bits per heavy atom. The SMILES string of the molecule is Cc1ccccc1-n1ncc(C(=O)Nc2ccc(OCC(=O)N(C)C)cc2)c1C. The topological polar surface area (TPSA) is 76.5 Å². The fourth-order valence-electron chi connectivity index (χ4n) is 2.78. The van der Waals surface area contributed by atoms with Crippen molar-refractivity contribution in [1.29, 1.82) is 0 Å². The highest BCUT2D eigenvalue weighted by molar-refractivity contribution is 6.05. The summed E-state index contributed by atoms with van der Waals surface area (Å²) < 4.78 is 7.21. The van der Waals surface area contributed by atoms with Crippen molar-refractivity contribution in [2.75, 3.05) is 26.0 Å². The first-order valence-corrected chi connectivity index (χ1v) is 9.22. The van der Waals surface area contributed by atoms with E-state index in [1.54, 1.807) is 49.2 Å². The van der Waals surface area contributed by atoms with E-state index in [1.165, 1.54) is 4.90 Å². The summed E-state index contributed by atoms with van der Waals surface area (Å²) in [6.45, 7) is 3.84. The fraction of sp³-hybridized carbons (Fsp3) is 0.227. The number of aromatic nitrogens is 2. The Bertz CT molecular complexity index is 1020. The summed E-state index contributed by atoms with van der Waals surface area (Å²) in [4.78, 5) is 25.7. The Labute approximate surface area is 169 Å². The molecule has 0 aliphatic heterocycles. The van der Waals surface area contributed by atoms with Gasteiger partial charge in [0.2, 0.25) is 0 Å². The van der Waals surface area contributed by atoms with E-state index in [0.717, 1.165) is 16.9 Å². The van der Waals surface area contributed by atoms with Crippen LogP contribution >= 0.6 is 0 Å². The lowest BCUT2D eigenvalue weighted by molar-refractivity contribution is -0.130. The number of ether oxygens (including phenoxy) is 1. The van der Waals surface area contributed by atoms with Gasteiger partial charge in [-0.05, 0) is 49.7 Å². The van der Waals surface area contributed by atoms with Gasteiger partial charge >= 0.3 is 0 Å². The van der Waals surface area contributed by atoms with Crippen molar-refractivity contribution in [1.82, 2.24) is 14.7 Å². The van der Waals surface area contributed by atoms with Crippen LogP contribution in [0, 0.1) is 13.8 Å². The van der Waals surface area contributed by atoms with E-state index in [0.29, 0.717) is 17.0 Å². The third-order valence-electron chi connectivity index (χ3n) is 4.57. The molecule has 0 atom stereocenters. The van der Waals surface area contributed by atoms with Gasteiger partial charge < -0.3 is 15.0 Å². The lowest BCUT2D eigenvalue weighted by Gasteiger charge is -2.12. The lowest BCUT2D eigenvalue weighted by Crippen LogP contribution is -2.27. The molecule has 2 aromatic carbocycles. The molecule has 2 amide bonds. The first-order valence-electron chi connectivity index (χ1n) is 9.22. The first-order chi connectivity index (χ1) is 13.9. The molecule has 7 heteroatoms. The largest absolute Gasteiger partial charge is 0.484 e. The van der Waals surface area contributed by atoms with Crippen LogP contribution in [-0.4, -0.2) is 47.2 Å². The van der Waals surface area contributed by atoms with Crippen LogP contribution in [0.5, 0.6) is 5.75 Å². The van der Waals surface area contributed by atoms with Gasteiger partial charge in [-0.15, -0.1) is 0 Å². The number of rotatable bonds is 6. The van der Waals surface area contributed by atoms with Crippen molar-refractivity contribution < 1.29 is 14.3 Å². The standard InChI is InChI=1S/C22H24N4O3/c1-15-7-5-6-8-20(15)26-16(2)19(13-23-26)22(28)24-17-9-11-18(12-10-17)29-14-21(27)25(3)4/h5-13H,14H2,1-4H3,(H,24,28). The predicted molar refractivity (Wildman–Crippen MR) is 112 cm³/mol. The first kappa shape index (κ1) is 20.1. The number of likely N-dealkylation sites (N-methyl/N-ethyl adjacent to an activating group) is 1. The molecule has 0 saturated heterocycles. The minimum atomic E-state index is -0.237. The van der Waals surface area contributed by atoms with Gasteiger partial charge in [-0.25, -0.2) is 4.68 Å². The molecule has 0 radical (unpaired) electrons. The molecule has 0 aliphatic rings. The summed E-state index contributed by atoms with van der Waals surface area (Å²) in [5, 5.41) is 7.24. The van der Waals surface area contributed by atoms with Crippen LogP contribution in [0.3, 0.4) is 0 Å². The van der Waals surface area contributed by atoms with Crippen LogP contribution in [0.25, 0.3) is 5.69 Å². The number of carbonyl (C=O) groups is 2. The summed E-state index contributed by atoms with van der Waals surface area (Å²) in [5.74, 6) is 0.198. The average Bonchev–Trinajstić information content (AvgIpc) is 3.08. The van der Waals surface area contributed by atoms with Crippen molar-refractivity contribution in [3.8, 4) is 11.4 Å². The second-order valence-corrected chi connectivity index (χ2v) is 6.90. The molecule has 0 aliphatic carbocycles. The maximum absolute atomic E-state index is 12.7. The number of carbonyl (C=O) groups excluding carboxylic acids is 2. The van der Waals surface area contributed by atoms with Crippen molar-refractivity contribution in [3.05, 3.63) is 71.5 Å². The molecule has 150 valence electrons. The molecule has 0 unspecified atom stereocenters. The quantitative estimate of drug-likeness (QED) is 0.699. The van der Waals surface area contributed by atoms with E-state index in [1.807, 2.05) is 38.1 Å². The Morgan fingerprint density at radius 1 is 1.07 bits per heavy atom. The van der Waals surface area contributed by atoms with Crippen molar-refractivity contribution in [2.24, 2.45) is 0 Å². The highest BCUT2D eigenvalue weighted by Gasteiger charge is 2.16. The third kappa shape index (κ3) is 4.63. The van der Waals surface area contributed by atoms with Crippen molar-refractivity contribution >= 4 is 17.5 Å². The van der Waals surface area contributed by atoms with E-state index in [-0.39, 0.29) is 18.4 Å². The van der Waals surface area contributed by atoms with Crippen molar-refractivity contribution in [2.45, 2.75) is 13.8 Å². The summed E-state index contributed by atoms with van der Waals surface area (Å²) in [6.07, 6.45) is 1.57.